The van der Waals surface area contributed by atoms with E-state index in [1.54, 1.807) is 0 Å². The molecule has 0 atom stereocenters. The van der Waals surface area contributed by atoms with Crippen LogP contribution >= 0.6 is 0 Å². The standard InChI is InChI=1S/C14H18N2/c1-14(2,3)16(11-7-10-15)12-13-8-5-4-6-9-13/h4-9,11H,12H2,1-3H3/b11-7-. The number of rotatable bonds is 3. The first kappa shape index (κ1) is 12.3. The van der Waals surface area contributed by atoms with Crippen molar-refractivity contribution in [2.75, 3.05) is 0 Å². The Morgan fingerprint density at radius 1 is 1.25 bits per heavy atom. The van der Waals surface area contributed by atoms with Crippen LogP contribution in [0.2, 0.25) is 0 Å². The van der Waals surface area contributed by atoms with E-state index in [0.29, 0.717) is 0 Å². The molecular weight excluding hydrogens is 196 g/mol. The highest BCUT2D eigenvalue weighted by Crippen LogP contribution is 2.17. The van der Waals surface area contributed by atoms with Crippen molar-refractivity contribution in [1.29, 1.82) is 5.26 Å². The fraction of sp³-hybridized carbons (Fsp3) is 0.357. The van der Waals surface area contributed by atoms with Crippen molar-refractivity contribution in [3.63, 3.8) is 0 Å². The zero-order valence-electron chi connectivity index (χ0n) is 10.1. The molecule has 0 saturated heterocycles. The highest BCUT2D eigenvalue weighted by atomic mass is 15.2. The predicted octanol–water partition coefficient (Wildman–Crippen LogP) is 3.32. The van der Waals surface area contributed by atoms with Gasteiger partial charge in [0.05, 0.1) is 6.07 Å². The molecule has 0 amide bonds. The lowest BCUT2D eigenvalue weighted by Crippen LogP contribution is -2.36. The topological polar surface area (TPSA) is 27.0 Å². The Morgan fingerprint density at radius 2 is 1.88 bits per heavy atom. The summed E-state index contributed by atoms with van der Waals surface area (Å²) in [6.07, 6.45) is 3.38. The van der Waals surface area contributed by atoms with Gasteiger partial charge in [-0.05, 0) is 26.3 Å². The molecule has 0 saturated carbocycles. The third-order valence-electron chi connectivity index (χ3n) is 2.39. The van der Waals surface area contributed by atoms with Gasteiger partial charge < -0.3 is 4.90 Å². The third-order valence-corrected chi connectivity index (χ3v) is 2.39. The van der Waals surface area contributed by atoms with Crippen LogP contribution in [-0.2, 0) is 6.54 Å². The van der Waals surface area contributed by atoms with Gasteiger partial charge in [-0.2, -0.15) is 5.26 Å². The van der Waals surface area contributed by atoms with Crippen molar-refractivity contribution < 1.29 is 0 Å². The molecule has 0 aromatic heterocycles. The first-order chi connectivity index (χ1) is 7.54. The Morgan fingerprint density at radius 3 is 2.38 bits per heavy atom. The fourth-order valence-corrected chi connectivity index (χ4v) is 1.42. The van der Waals surface area contributed by atoms with E-state index in [1.165, 1.54) is 11.6 Å². The Bertz CT molecular complexity index is 379. The van der Waals surface area contributed by atoms with Crippen molar-refractivity contribution in [2.45, 2.75) is 32.9 Å². The van der Waals surface area contributed by atoms with Gasteiger partial charge in [-0.3, -0.25) is 0 Å². The summed E-state index contributed by atoms with van der Waals surface area (Å²) in [5.74, 6) is 0. The average Bonchev–Trinajstić information content (AvgIpc) is 2.24. The van der Waals surface area contributed by atoms with E-state index in [-0.39, 0.29) is 5.54 Å². The fourth-order valence-electron chi connectivity index (χ4n) is 1.42. The highest BCUT2D eigenvalue weighted by molar-refractivity contribution is 5.16. The second kappa shape index (κ2) is 5.37. The Hall–Kier alpha value is -1.75. The molecule has 0 bridgehead atoms. The molecule has 1 aromatic carbocycles. The first-order valence-electron chi connectivity index (χ1n) is 5.41. The monoisotopic (exact) mass is 214 g/mol. The van der Waals surface area contributed by atoms with Gasteiger partial charge in [0.15, 0.2) is 0 Å². The summed E-state index contributed by atoms with van der Waals surface area (Å²) in [5.41, 5.74) is 1.27. The molecule has 84 valence electrons. The molecule has 2 heteroatoms. The maximum atomic E-state index is 8.58. The molecule has 0 radical (unpaired) electrons. The Kier molecular flexibility index (Phi) is 4.13. The van der Waals surface area contributed by atoms with E-state index in [9.17, 15) is 0 Å². The van der Waals surface area contributed by atoms with Crippen LogP contribution in [0.3, 0.4) is 0 Å². The zero-order chi connectivity index (χ0) is 12.0. The SMILES string of the molecule is CC(C)(C)N(/C=C\C#N)Cc1ccccc1. The quantitative estimate of drug-likeness (QED) is 0.722. The molecule has 0 N–H and O–H groups in total. The summed E-state index contributed by atoms with van der Waals surface area (Å²) >= 11 is 0. The van der Waals surface area contributed by atoms with Crippen molar-refractivity contribution >= 4 is 0 Å². The number of benzene rings is 1. The van der Waals surface area contributed by atoms with Crippen LogP contribution in [-0.4, -0.2) is 10.4 Å². The molecule has 0 aliphatic carbocycles. The largest absolute Gasteiger partial charge is 0.368 e. The van der Waals surface area contributed by atoms with E-state index < -0.39 is 0 Å². The van der Waals surface area contributed by atoms with Gasteiger partial charge in [0, 0.05) is 24.4 Å². The van der Waals surface area contributed by atoms with Crippen molar-refractivity contribution in [3.8, 4) is 6.07 Å². The lowest BCUT2D eigenvalue weighted by Gasteiger charge is -2.34. The molecule has 16 heavy (non-hydrogen) atoms. The minimum atomic E-state index is 0.0171. The molecule has 0 unspecified atom stereocenters. The van der Waals surface area contributed by atoms with Gasteiger partial charge >= 0.3 is 0 Å². The number of nitriles is 1. The van der Waals surface area contributed by atoms with E-state index in [1.807, 2.05) is 30.5 Å². The molecule has 0 fully saturated rings. The summed E-state index contributed by atoms with van der Waals surface area (Å²) in [6.45, 7) is 7.23. The third kappa shape index (κ3) is 3.78. The van der Waals surface area contributed by atoms with Crippen molar-refractivity contribution in [1.82, 2.24) is 4.90 Å². The number of hydrogen-bond donors (Lipinski definition) is 0. The lowest BCUT2D eigenvalue weighted by molar-refractivity contribution is 0.198. The summed E-state index contributed by atoms with van der Waals surface area (Å²) < 4.78 is 0. The van der Waals surface area contributed by atoms with Crippen LogP contribution in [0, 0.1) is 11.3 Å². The van der Waals surface area contributed by atoms with Crippen LogP contribution in [0.5, 0.6) is 0 Å². The minimum Gasteiger partial charge on any atom is -0.368 e. The van der Waals surface area contributed by atoms with Crippen LogP contribution in [0.4, 0.5) is 0 Å². The van der Waals surface area contributed by atoms with Gasteiger partial charge in [-0.1, -0.05) is 30.3 Å². The lowest BCUT2D eigenvalue weighted by atomic mass is 10.1. The second-order valence-electron chi connectivity index (χ2n) is 4.73. The second-order valence-corrected chi connectivity index (χ2v) is 4.73. The molecule has 0 heterocycles. The van der Waals surface area contributed by atoms with E-state index in [4.69, 9.17) is 5.26 Å². The van der Waals surface area contributed by atoms with Crippen LogP contribution < -0.4 is 0 Å². The highest BCUT2D eigenvalue weighted by Gasteiger charge is 2.17. The maximum absolute atomic E-state index is 8.58. The average molecular weight is 214 g/mol. The number of nitrogens with zero attached hydrogens (tertiary/aromatic N) is 2. The van der Waals surface area contributed by atoms with Gasteiger partial charge in [-0.15, -0.1) is 0 Å². The molecule has 2 nitrogen and oxygen atoms in total. The first-order valence-corrected chi connectivity index (χ1v) is 5.41. The Balaban J connectivity index is 2.80. The number of allylic oxidation sites excluding steroid dienone is 1. The minimum absolute atomic E-state index is 0.0171. The maximum Gasteiger partial charge on any atom is 0.0927 e. The van der Waals surface area contributed by atoms with Gasteiger partial charge in [0.2, 0.25) is 0 Å². The van der Waals surface area contributed by atoms with Crippen molar-refractivity contribution in [3.05, 3.63) is 48.2 Å². The molecular formula is C14H18N2. The van der Waals surface area contributed by atoms with E-state index in [0.717, 1.165) is 6.54 Å². The van der Waals surface area contributed by atoms with E-state index in [2.05, 4.69) is 37.8 Å². The zero-order valence-corrected chi connectivity index (χ0v) is 10.1. The molecule has 0 spiro atoms. The van der Waals surface area contributed by atoms with Crippen LogP contribution in [0.1, 0.15) is 26.3 Å². The molecule has 1 aromatic rings. The Labute approximate surface area is 97.8 Å². The summed E-state index contributed by atoms with van der Waals surface area (Å²) in [4.78, 5) is 2.16. The normalized spacial score (nSPS) is 11.4. The summed E-state index contributed by atoms with van der Waals surface area (Å²) in [6, 6.07) is 12.3. The predicted molar refractivity (Wildman–Crippen MR) is 66.5 cm³/mol. The van der Waals surface area contributed by atoms with Crippen molar-refractivity contribution in [2.24, 2.45) is 0 Å². The van der Waals surface area contributed by atoms with Crippen LogP contribution in [0.25, 0.3) is 0 Å². The van der Waals surface area contributed by atoms with Gasteiger partial charge in [0.1, 0.15) is 0 Å². The molecule has 1 rings (SSSR count). The van der Waals surface area contributed by atoms with Crippen LogP contribution in [0.15, 0.2) is 42.6 Å². The summed E-state index contributed by atoms with van der Waals surface area (Å²) in [7, 11) is 0. The molecule has 0 aliphatic rings. The molecule has 0 aliphatic heterocycles. The summed E-state index contributed by atoms with van der Waals surface area (Å²) in [5, 5.41) is 8.58. The smallest absolute Gasteiger partial charge is 0.0927 e. The van der Waals surface area contributed by atoms with E-state index >= 15 is 0 Å². The number of hydrogen-bond acceptors (Lipinski definition) is 2. The van der Waals surface area contributed by atoms with Gasteiger partial charge in [0.25, 0.3) is 0 Å². The van der Waals surface area contributed by atoms with Gasteiger partial charge in [-0.25, -0.2) is 0 Å².